The molecule has 4 nitrogen and oxygen atoms in total. The Balaban J connectivity index is 2.16. The zero-order chi connectivity index (χ0) is 11.5. The van der Waals surface area contributed by atoms with Crippen molar-refractivity contribution in [2.45, 2.75) is 51.7 Å². The van der Waals surface area contributed by atoms with Gasteiger partial charge in [0.05, 0.1) is 0 Å². The first-order valence-electron chi connectivity index (χ1n) is 5.35. The van der Waals surface area contributed by atoms with Crippen molar-refractivity contribution < 1.29 is 14.3 Å². The van der Waals surface area contributed by atoms with E-state index >= 15 is 0 Å². The monoisotopic (exact) mass is 213 g/mol. The highest BCUT2D eigenvalue weighted by atomic mass is 16.6. The molecule has 0 saturated heterocycles. The molecule has 1 aliphatic rings. The second-order valence-corrected chi connectivity index (χ2v) is 4.99. The Morgan fingerprint density at radius 3 is 2.73 bits per heavy atom. The largest absolute Gasteiger partial charge is 0.444 e. The molecule has 0 radical (unpaired) electrons. The molecule has 2 atom stereocenters. The van der Waals surface area contributed by atoms with E-state index in [9.17, 15) is 9.59 Å². The van der Waals surface area contributed by atoms with Crippen LogP contribution in [-0.2, 0) is 9.53 Å². The molecule has 0 aromatic heterocycles. The maximum Gasteiger partial charge on any atom is 0.407 e. The fourth-order valence-electron chi connectivity index (χ4n) is 1.48. The predicted molar refractivity (Wildman–Crippen MR) is 56.6 cm³/mol. The van der Waals surface area contributed by atoms with Crippen LogP contribution in [0.1, 0.15) is 40.0 Å². The third-order valence-corrected chi connectivity index (χ3v) is 2.28. The molecule has 0 bridgehead atoms. The van der Waals surface area contributed by atoms with Gasteiger partial charge in [0.2, 0.25) is 0 Å². The normalized spacial score (nSPS) is 24.5. The number of alkyl carbamates (subject to hydrolysis) is 1. The van der Waals surface area contributed by atoms with E-state index in [-0.39, 0.29) is 12.1 Å². The second kappa shape index (κ2) is 4.64. The van der Waals surface area contributed by atoms with E-state index in [4.69, 9.17) is 4.74 Å². The maximum absolute atomic E-state index is 11.3. The van der Waals surface area contributed by atoms with Crippen molar-refractivity contribution in [2.24, 2.45) is 5.92 Å². The lowest BCUT2D eigenvalue weighted by Crippen LogP contribution is -2.34. The quantitative estimate of drug-likeness (QED) is 0.725. The Morgan fingerprint density at radius 2 is 2.20 bits per heavy atom. The first kappa shape index (κ1) is 12.0. The van der Waals surface area contributed by atoms with E-state index in [1.54, 1.807) is 0 Å². The molecule has 15 heavy (non-hydrogen) atoms. The van der Waals surface area contributed by atoms with Crippen LogP contribution >= 0.6 is 0 Å². The van der Waals surface area contributed by atoms with Crippen molar-refractivity contribution >= 4 is 12.4 Å². The minimum Gasteiger partial charge on any atom is -0.444 e. The lowest BCUT2D eigenvalue weighted by atomic mass is 10.2. The molecule has 0 spiro atoms. The van der Waals surface area contributed by atoms with Gasteiger partial charge in [0.1, 0.15) is 11.9 Å². The number of hydrogen-bond acceptors (Lipinski definition) is 3. The van der Waals surface area contributed by atoms with Crippen LogP contribution in [0.15, 0.2) is 0 Å². The number of rotatable bonds is 4. The summed E-state index contributed by atoms with van der Waals surface area (Å²) in [7, 11) is 0. The highest BCUT2D eigenvalue weighted by molar-refractivity contribution is 5.68. The van der Waals surface area contributed by atoms with Crippen LogP contribution in [-0.4, -0.2) is 24.0 Å². The van der Waals surface area contributed by atoms with Gasteiger partial charge in [-0.2, -0.15) is 0 Å². The Morgan fingerprint density at radius 1 is 1.53 bits per heavy atom. The standard InChI is InChI=1S/C11H19NO3/c1-11(2,3)15-10(14)12-9-7-8(9)5-4-6-13/h6,8-9H,4-5,7H2,1-3H3,(H,12,14)/t8-,9?/m1/s1. The molecule has 0 aromatic rings. The van der Waals surface area contributed by atoms with Crippen LogP contribution in [0.3, 0.4) is 0 Å². The third kappa shape index (κ3) is 4.81. The van der Waals surface area contributed by atoms with Gasteiger partial charge >= 0.3 is 6.09 Å². The highest BCUT2D eigenvalue weighted by Gasteiger charge is 2.38. The molecular weight excluding hydrogens is 194 g/mol. The Labute approximate surface area is 90.4 Å². The summed E-state index contributed by atoms with van der Waals surface area (Å²) in [4.78, 5) is 21.5. The van der Waals surface area contributed by atoms with Crippen molar-refractivity contribution in [2.75, 3.05) is 0 Å². The number of aldehydes is 1. The van der Waals surface area contributed by atoms with Crippen LogP contribution in [0, 0.1) is 5.92 Å². The van der Waals surface area contributed by atoms with E-state index in [0.717, 1.165) is 19.1 Å². The lowest BCUT2D eigenvalue weighted by Gasteiger charge is -2.19. The molecule has 0 aliphatic heterocycles. The van der Waals surface area contributed by atoms with Gasteiger partial charge in [-0.3, -0.25) is 0 Å². The molecule has 1 amide bonds. The van der Waals surface area contributed by atoms with E-state index in [1.165, 1.54) is 0 Å². The van der Waals surface area contributed by atoms with Crippen LogP contribution in [0.4, 0.5) is 4.79 Å². The predicted octanol–water partition coefficient (Wildman–Crippen LogP) is 1.88. The van der Waals surface area contributed by atoms with E-state index in [0.29, 0.717) is 12.3 Å². The minimum absolute atomic E-state index is 0.208. The SMILES string of the molecule is CC(C)(C)OC(=O)NC1C[C@H]1CCC=O. The van der Waals surface area contributed by atoms with Crippen LogP contribution in [0.2, 0.25) is 0 Å². The summed E-state index contributed by atoms with van der Waals surface area (Å²) in [6, 6.07) is 0.208. The third-order valence-electron chi connectivity index (χ3n) is 2.28. The first-order chi connectivity index (χ1) is 6.92. The van der Waals surface area contributed by atoms with Gasteiger partial charge < -0.3 is 14.8 Å². The summed E-state index contributed by atoms with van der Waals surface area (Å²) < 4.78 is 5.12. The average molecular weight is 213 g/mol. The molecule has 1 fully saturated rings. The van der Waals surface area contributed by atoms with Gasteiger partial charge in [0, 0.05) is 12.5 Å². The molecule has 86 valence electrons. The number of hydrogen-bond donors (Lipinski definition) is 1. The number of carbonyl (C=O) groups excluding carboxylic acids is 2. The Kier molecular flexibility index (Phi) is 3.72. The minimum atomic E-state index is -0.447. The van der Waals surface area contributed by atoms with Crippen molar-refractivity contribution in [3.8, 4) is 0 Å². The maximum atomic E-state index is 11.3. The second-order valence-electron chi connectivity index (χ2n) is 4.99. The van der Waals surface area contributed by atoms with Gasteiger partial charge in [-0.05, 0) is 39.5 Å². The molecular formula is C11H19NO3. The van der Waals surface area contributed by atoms with Gasteiger partial charge in [-0.1, -0.05) is 0 Å². The van der Waals surface area contributed by atoms with E-state index in [1.807, 2.05) is 20.8 Å². The molecule has 1 aliphatic carbocycles. The highest BCUT2D eigenvalue weighted by Crippen LogP contribution is 2.34. The van der Waals surface area contributed by atoms with Gasteiger partial charge in [-0.25, -0.2) is 4.79 Å². The smallest absolute Gasteiger partial charge is 0.407 e. The Bertz CT molecular complexity index is 245. The van der Waals surface area contributed by atoms with Crippen LogP contribution in [0.25, 0.3) is 0 Å². The molecule has 0 heterocycles. The molecule has 4 heteroatoms. The zero-order valence-electron chi connectivity index (χ0n) is 9.58. The molecule has 1 unspecified atom stereocenters. The molecule has 0 aromatic carbocycles. The van der Waals surface area contributed by atoms with Crippen molar-refractivity contribution in [3.63, 3.8) is 0 Å². The molecule has 1 saturated carbocycles. The van der Waals surface area contributed by atoms with E-state index < -0.39 is 5.60 Å². The van der Waals surface area contributed by atoms with Gasteiger partial charge in [0.25, 0.3) is 0 Å². The van der Waals surface area contributed by atoms with Gasteiger partial charge in [-0.15, -0.1) is 0 Å². The lowest BCUT2D eigenvalue weighted by molar-refractivity contribution is -0.108. The van der Waals surface area contributed by atoms with Crippen LogP contribution in [0.5, 0.6) is 0 Å². The van der Waals surface area contributed by atoms with E-state index in [2.05, 4.69) is 5.32 Å². The fraction of sp³-hybridized carbons (Fsp3) is 0.818. The summed E-state index contributed by atoms with van der Waals surface area (Å²) in [5.41, 5.74) is -0.447. The van der Waals surface area contributed by atoms with Gasteiger partial charge in [0.15, 0.2) is 0 Å². The topological polar surface area (TPSA) is 55.4 Å². The number of nitrogens with one attached hydrogen (secondary N) is 1. The zero-order valence-corrected chi connectivity index (χ0v) is 9.58. The summed E-state index contributed by atoms with van der Waals surface area (Å²) in [5, 5.41) is 2.79. The number of ether oxygens (including phenoxy) is 1. The van der Waals surface area contributed by atoms with Crippen molar-refractivity contribution in [1.29, 1.82) is 0 Å². The summed E-state index contributed by atoms with van der Waals surface area (Å²) in [6.45, 7) is 5.51. The Hall–Kier alpha value is -1.06. The van der Waals surface area contributed by atoms with Crippen molar-refractivity contribution in [1.82, 2.24) is 5.32 Å². The fourth-order valence-corrected chi connectivity index (χ4v) is 1.48. The summed E-state index contributed by atoms with van der Waals surface area (Å²) >= 11 is 0. The van der Waals surface area contributed by atoms with Crippen molar-refractivity contribution in [3.05, 3.63) is 0 Å². The molecule has 1 rings (SSSR count). The first-order valence-corrected chi connectivity index (χ1v) is 5.35. The number of amides is 1. The summed E-state index contributed by atoms with van der Waals surface area (Å²) in [5.74, 6) is 0.461. The van der Waals surface area contributed by atoms with Crippen LogP contribution < -0.4 is 5.32 Å². The molecule has 1 N–H and O–H groups in total. The number of carbonyl (C=O) groups is 2. The average Bonchev–Trinajstić information content (AvgIpc) is 2.76. The summed E-state index contributed by atoms with van der Waals surface area (Å²) in [6.07, 6.45) is 2.97.